The number of sulfonamides is 1. The highest BCUT2D eigenvalue weighted by atomic mass is 32.2. The molecule has 20 heavy (non-hydrogen) atoms. The van der Waals surface area contributed by atoms with Crippen LogP contribution in [0.2, 0.25) is 0 Å². The molecule has 0 aromatic carbocycles. The maximum absolute atomic E-state index is 12.2. The number of esters is 1. The lowest BCUT2D eigenvalue weighted by atomic mass is 10.3. The Hall–Kier alpha value is -1.45. The fraction of sp³-hybridized carbons (Fsp3) is 0.455. The van der Waals surface area contributed by atoms with Gasteiger partial charge in [-0.25, -0.2) is 17.9 Å². The van der Waals surface area contributed by atoms with Gasteiger partial charge in [-0.05, 0) is 24.8 Å². The minimum absolute atomic E-state index is 0.00611. The first kappa shape index (κ1) is 16.6. The summed E-state index contributed by atoms with van der Waals surface area (Å²) in [4.78, 5) is 22.7. The molecule has 112 valence electrons. The van der Waals surface area contributed by atoms with E-state index in [1.54, 1.807) is 19.2 Å². The number of carbonyl (C=O) groups excluding carboxylic acids is 2. The molecule has 0 bridgehead atoms. The Balaban J connectivity index is 3.01. The number of amides is 1. The van der Waals surface area contributed by atoms with Gasteiger partial charge in [0.25, 0.3) is 0 Å². The quantitative estimate of drug-likeness (QED) is 0.732. The van der Waals surface area contributed by atoms with Gasteiger partial charge in [0.15, 0.2) is 0 Å². The lowest BCUT2D eigenvalue weighted by Gasteiger charge is -2.08. The van der Waals surface area contributed by atoms with Gasteiger partial charge in [-0.2, -0.15) is 0 Å². The molecule has 1 amide bonds. The van der Waals surface area contributed by atoms with Crippen molar-refractivity contribution < 1.29 is 22.7 Å². The van der Waals surface area contributed by atoms with Gasteiger partial charge >= 0.3 is 5.97 Å². The van der Waals surface area contributed by atoms with Crippen LogP contribution in [0.15, 0.2) is 10.3 Å². The molecule has 1 heterocycles. The van der Waals surface area contributed by atoms with Crippen LogP contribution >= 0.6 is 11.3 Å². The Labute approximate surface area is 121 Å². The molecule has 1 aromatic heterocycles. The van der Waals surface area contributed by atoms with E-state index < -0.39 is 21.9 Å². The number of thiophene rings is 1. The van der Waals surface area contributed by atoms with E-state index in [1.807, 2.05) is 0 Å². The topological polar surface area (TPSA) is 102 Å². The highest BCUT2D eigenvalue weighted by molar-refractivity contribution is 7.89. The number of nitrogens with one attached hydrogen (secondary N) is 2. The molecule has 0 aliphatic carbocycles. The Morgan fingerprint density at radius 3 is 2.60 bits per heavy atom. The average molecular weight is 320 g/mol. The minimum atomic E-state index is -3.95. The van der Waals surface area contributed by atoms with Crippen molar-refractivity contribution in [1.82, 2.24) is 10.0 Å². The van der Waals surface area contributed by atoms with E-state index in [-0.39, 0.29) is 16.3 Å². The molecule has 0 fully saturated rings. The van der Waals surface area contributed by atoms with Crippen LogP contribution in [0.5, 0.6) is 0 Å². The molecule has 2 N–H and O–H groups in total. The molecule has 0 saturated carbocycles. The summed E-state index contributed by atoms with van der Waals surface area (Å²) in [6, 6.07) is 0. The Bertz CT molecular complexity index is 606. The van der Waals surface area contributed by atoms with Crippen molar-refractivity contribution >= 4 is 33.2 Å². The third-order valence-electron chi connectivity index (χ3n) is 2.35. The maximum atomic E-state index is 12.2. The summed E-state index contributed by atoms with van der Waals surface area (Å²) in [5.74, 6) is -1.16. The van der Waals surface area contributed by atoms with E-state index in [0.717, 1.165) is 11.3 Å². The van der Waals surface area contributed by atoms with Gasteiger partial charge in [0.05, 0.1) is 13.7 Å². The lowest BCUT2D eigenvalue weighted by Crippen LogP contribution is -2.37. The second kappa shape index (κ2) is 6.82. The first-order valence-corrected chi connectivity index (χ1v) is 8.12. The van der Waals surface area contributed by atoms with E-state index in [0.29, 0.717) is 12.1 Å². The normalized spacial score (nSPS) is 11.2. The number of ether oxygens (including phenoxy) is 1. The maximum Gasteiger partial charge on any atom is 0.349 e. The standard InChI is InChI=1S/C11H16N2O5S2/c1-4-12-8(14)5-13-20(16,17)10-7(2)6-19-9(10)11(15)18-3/h6,13H,4-5H2,1-3H3,(H,12,14). The van der Waals surface area contributed by atoms with Gasteiger partial charge in [-0.1, -0.05) is 0 Å². The first-order chi connectivity index (χ1) is 9.33. The summed E-state index contributed by atoms with van der Waals surface area (Å²) in [7, 11) is -2.77. The van der Waals surface area contributed by atoms with Crippen molar-refractivity contribution in [2.24, 2.45) is 0 Å². The van der Waals surface area contributed by atoms with E-state index in [9.17, 15) is 18.0 Å². The summed E-state index contributed by atoms with van der Waals surface area (Å²) in [5.41, 5.74) is 0.429. The van der Waals surface area contributed by atoms with Gasteiger partial charge in [0.2, 0.25) is 15.9 Å². The fourth-order valence-corrected chi connectivity index (χ4v) is 4.18. The molecular formula is C11H16N2O5S2. The second-order valence-corrected chi connectivity index (χ2v) is 6.43. The average Bonchev–Trinajstić information content (AvgIpc) is 2.79. The molecular weight excluding hydrogens is 304 g/mol. The van der Waals surface area contributed by atoms with Crippen molar-refractivity contribution in [3.63, 3.8) is 0 Å². The van der Waals surface area contributed by atoms with Crippen LogP contribution in [0, 0.1) is 6.92 Å². The Morgan fingerprint density at radius 2 is 2.05 bits per heavy atom. The van der Waals surface area contributed by atoms with Gasteiger partial charge in [-0.15, -0.1) is 11.3 Å². The molecule has 1 aromatic rings. The highest BCUT2D eigenvalue weighted by Crippen LogP contribution is 2.27. The predicted molar refractivity (Wildman–Crippen MR) is 74.3 cm³/mol. The van der Waals surface area contributed by atoms with Gasteiger partial charge in [-0.3, -0.25) is 4.79 Å². The fourth-order valence-electron chi connectivity index (χ4n) is 1.49. The number of hydrogen-bond acceptors (Lipinski definition) is 6. The molecule has 1 rings (SSSR count). The second-order valence-electron chi connectivity index (χ2n) is 3.85. The van der Waals surface area contributed by atoms with E-state index in [2.05, 4.69) is 14.8 Å². The van der Waals surface area contributed by atoms with Crippen LogP contribution in [0.25, 0.3) is 0 Å². The molecule has 9 heteroatoms. The monoisotopic (exact) mass is 320 g/mol. The molecule has 0 aliphatic heterocycles. The smallest absolute Gasteiger partial charge is 0.349 e. The first-order valence-electron chi connectivity index (χ1n) is 5.76. The summed E-state index contributed by atoms with van der Waals surface area (Å²) < 4.78 is 31.1. The molecule has 0 unspecified atom stereocenters. The van der Waals surface area contributed by atoms with Crippen LogP contribution in [0.3, 0.4) is 0 Å². The van der Waals surface area contributed by atoms with Crippen molar-refractivity contribution in [2.75, 3.05) is 20.2 Å². The molecule has 0 atom stereocenters. The summed E-state index contributed by atoms with van der Waals surface area (Å²) in [6.07, 6.45) is 0. The van der Waals surface area contributed by atoms with Gasteiger partial charge in [0, 0.05) is 6.54 Å². The number of likely N-dealkylation sites (N-methyl/N-ethyl adjacent to an activating group) is 1. The summed E-state index contributed by atoms with van der Waals surface area (Å²) >= 11 is 0.986. The van der Waals surface area contributed by atoms with Crippen LogP contribution in [0.1, 0.15) is 22.2 Å². The largest absolute Gasteiger partial charge is 0.465 e. The van der Waals surface area contributed by atoms with Crippen LogP contribution in [0.4, 0.5) is 0 Å². The SMILES string of the molecule is CCNC(=O)CNS(=O)(=O)c1c(C)csc1C(=O)OC. The summed E-state index contributed by atoms with van der Waals surface area (Å²) in [5, 5.41) is 4.02. The zero-order chi connectivity index (χ0) is 15.3. The molecule has 0 aliphatic rings. The Morgan fingerprint density at radius 1 is 1.40 bits per heavy atom. The third kappa shape index (κ3) is 3.78. The molecule has 0 saturated heterocycles. The van der Waals surface area contributed by atoms with Crippen molar-refractivity contribution in [1.29, 1.82) is 0 Å². The Kier molecular flexibility index (Phi) is 5.66. The zero-order valence-corrected chi connectivity index (χ0v) is 13.0. The van der Waals surface area contributed by atoms with Crippen molar-refractivity contribution in [3.8, 4) is 0 Å². The van der Waals surface area contributed by atoms with Crippen molar-refractivity contribution in [2.45, 2.75) is 18.7 Å². The predicted octanol–water partition coefficient (Wildman–Crippen LogP) is 0.258. The summed E-state index contributed by atoms with van der Waals surface area (Å²) in [6.45, 7) is 3.33. The van der Waals surface area contributed by atoms with E-state index in [4.69, 9.17) is 0 Å². The minimum Gasteiger partial charge on any atom is -0.465 e. The van der Waals surface area contributed by atoms with E-state index in [1.165, 1.54) is 7.11 Å². The van der Waals surface area contributed by atoms with Gasteiger partial charge < -0.3 is 10.1 Å². The number of aryl methyl sites for hydroxylation is 1. The number of rotatable bonds is 6. The zero-order valence-electron chi connectivity index (χ0n) is 11.3. The van der Waals surface area contributed by atoms with E-state index >= 15 is 0 Å². The van der Waals surface area contributed by atoms with Crippen LogP contribution in [-0.2, 0) is 19.6 Å². The van der Waals surface area contributed by atoms with Crippen LogP contribution < -0.4 is 10.0 Å². The van der Waals surface area contributed by atoms with Gasteiger partial charge in [0.1, 0.15) is 9.77 Å². The number of hydrogen-bond donors (Lipinski definition) is 2. The lowest BCUT2D eigenvalue weighted by molar-refractivity contribution is -0.119. The number of methoxy groups -OCH3 is 1. The van der Waals surface area contributed by atoms with Crippen molar-refractivity contribution in [3.05, 3.63) is 15.8 Å². The highest BCUT2D eigenvalue weighted by Gasteiger charge is 2.27. The molecule has 7 nitrogen and oxygen atoms in total. The number of carbonyl (C=O) groups is 2. The molecule has 0 spiro atoms. The third-order valence-corrected chi connectivity index (χ3v) is 5.15. The molecule has 0 radical (unpaired) electrons. The van der Waals surface area contributed by atoms with Crippen LogP contribution in [-0.4, -0.2) is 40.5 Å².